The van der Waals surface area contributed by atoms with Crippen molar-refractivity contribution in [2.75, 3.05) is 13.1 Å². The van der Waals surface area contributed by atoms with Gasteiger partial charge in [-0.1, -0.05) is 41.6 Å². The van der Waals surface area contributed by atoms with E-state index in [1.54, 1.807) is 12.1 Å². The van der Waals surface area contributed by atoms with Gasteiger partial charge in [0.1, 0.15) is 5.82 Å². The van der Waals surface area contributed by atoms with Crippen LogP contribution in [0.15, 0.2) is 59.1 Å². The van der Waals surface area contributed by atoms with Gasteiger partial charge in [-0.2, -0.15) is 4.98 Å². The van der Waals surface area contributed by atoms with Crippen LogP contribution in [0.2, 0.25) is 0 Å². The fourth-order valence-electron chi connectivity index (χ4n) is 3.55. The second-order valence-electron chi connectivity index (χ2n) is 6.94. The molecule has 5 heteroatoms. The monoisotopic (exact) mass is 351 g/mol. The zero-order valence-electron chi connectivity index (χ0n) is 14.6. The van der Waals surface area contributed by atoms with Gasteiger partial charge in [0.2, 0.25) is 0 Å². The highest BCUT2D eigenvalue weighted by atomic mass is 19.1. The SMILES string of the molecule is Fc1cccc(-c2nc(CN3CCC(Cc4ccccc4)CC3)no2)c1. The summed E-state index contributed by atoms with van der Waals surface area (Å²) in [5, 5.41) is 4.05. The van der Waals surface area contributed by atoms with E-state index in [1.165, 1.54) is 30.5 Å². The molecule has 4 rings (SSSR count). The zero-order valence-corrected chi connectivity index (χ0v) is 14.6. The molecule has 1 aromatic heterocycles. The van der Waals surface area contributed by atoms with Gasteiger partial charge in [0.25, 0.3) is 5.89 Å². The van der Waals surface area contributed by atoms with Crippen molar-refractivity contribution in [2.24, 2.45) is 5.92 Å². The summed E-state index contributed by atoms with van der Waals surface area (Å²) in [6.07, 6.45) is 3.52. The summed E-state index contributed by atoms with van der Waals surface area (Å²) in [6.45, 7) is 2.76. The van der Waals surface area contributed by atoms with Crippen LogP contribution in [0.25, 0.3) is 11.5 Å². The molecular formula is C21H22FN3O. The lowest BCUT2D eigenvalue weighted by Gasteiger charge is -2.31. The number of halogens is 1. The molecule has 1 fully saturated rings. The molecule has 0 spiro atoms. The Hall–Kier alpha value is -2.53. The number of piperidine rings is 1. The van der Waals surface area contributed by atoms with Crippen molar-refractivity contribution in [1.29, 1.82) is 0 Å². The Balaban J connectivity index is 1.31. The van der Waals surface area contributed by atoms with E-state index < -0.39 is 0 Å². The Morgan fingerprint density at radius 1 is 1.04 bits per heavy atom. The minimum atomic E-state index is -0.303. The molecule has 26 heavy (non-hydrogen) atoms. The maximum absolute atomic E-state index is 13.3. The molecule has 0 amide bonds. The molecule has 1 aliphatic heterocycles. The summed E-state index contributed by atoms with van der Waals surface area (Å²) in [5.41, 5.74) is 2.04. The third-order valence-corrected chi connectivity index (χ3v) is 4.98. The first-order valence-corrected chi connectivity index (χ1v) is 9.11. The van der Waals surface area contributed by atoms with Crippen LogP contribution in [0.5, 0.6) is 0 Å². The molecule has 0 bridgehead atoms. The molecule has 1 saturated heterocycles. The molecule has 0 aliphatic carbocycles. The molecule has 0 saturated carbocycles. The van der Waals surface area contributed by atoms with Gasteiger partial charge in [-0.25, -0.2) is 4.39 Å². The minimum absolute atomic E-state index is 0.303. The fraction of sp³-hybridized carbons (Fsp3) is 0.333. The average molecular weight is 351 g/mol. The van der Waals surface area contributed by atoms with Crippen LogP contribution in [0.3, 0.4) is 0 Å². The largest absolute Gasteiger partial charge is 0.334 e. The standard InChI is InChI=1S/C21H22FN3O/c22-19-8-4-7-18(14-19)21-23-20(24-26-21)15-25-11-9-17(10-12-25)13-16-5-2-1-3-6-16/h1-8,14,17H,9-13,15H2. The number of aromatic nitrogens is 2. The quantitative estimate of drug-likeness (QED) is 0.686. The van der Waals surface area contributed by atoms with Gasteiger partial charge in [0.05, 0.1) is 6.54 Å². The van der Waals surface area contributed by atoms with Crippen molar-refractivity contribution >= 4 is 0 Å². The molecule has 0 N–H and O–H groups in total. The fourth-order valence-corrected chi connectivity index (χ4v) is 3.55. The van der Waals surface area contributed by atoms with Gasteiger partial charge < -0.3 is 4.52 Å². The zero-order chi connectivity index (χ0) is 17.8. The van der Waals surface area contributed by atoms with E-state index in [4.69, 9.17) is 4.52 Å². The van der Waals surface area contributed by atoms with E-state index in [9.17, 15) is 4.39 Å². The molecule has 0 radical (unpaired) electrons. The highest BCUT2D eigenvalue weighted by Gasteiger charge is 2.21. The number of hydrogen-bond acceptors (Lipinski definition) is 4. The van der Waals surface area contributed by atoms with Crippen LogP contribution < -0.4 is 0 Å². The van der Waals surface area contributed by atoms with Gasteiger partial charge >= 0.3 is 0 Å². The van der Waals surface area contributed by atoms with Crippen molar-refractivity contribution in [1.82, 2.24) is 15.0 Å². The van der Waals surface area contributed by atoms with Gasteiger partial charge in [0, 0.05) is 5.56 Å². The molecule has 0 unspecified atom stereocenters. The van der Waals surface area contributed by atoms with Crippen LogP contribution in [-0.4, -0.2) is 28.1 Å². The summed E-state index contributed by atoms with van der Waals surface area (Å²) < 4.78 is 18.6. The highest BCUT2D eigenvalue weighted by Crippen LogP contribution is 2.23. The minimum Gasteiger partial charge on any atom is -0.334 e. The van der Waals surface area contributed by atoms with E-state index in [2.05, 4.69) is 45.4 Å². The summed E-state index contributed by atoms with van der Waals surface area (Å²) in [5.74, 6) is 1.47. The predicted octanol–water partition coefficient (Wildman–Crippen LogP) is 4.33. The van der Waals surface area contributed by atoms with Gasteiger partial charge in [-0.15, -0.1) is 0 Å². The summed E-state index contributed by atoms with van der Waals surface area (Å²) in [6, 6.07) is 16.9. The van der Waals surface area contributed by atoms with E-state index >= 15 is 0 Å². The third kappa shape index (κ3) is 4.17. The Morgan fingerprint density at radius 2 is 1.85 bits per heavy atom. The lowest BCUT2D eigenvalue weighted by Crippen LogP contribution is -2.34. The lowest BCUT2D eigenvalue weighted by atomic mass is 9.90. The Labute approximate surface area is 152 Å². The smallest absolute Gasteiger partial charge is 0.258 e. The number of nitrogens with zero attached hydrogens (tertiary/aromatic N) is 3. The van der Waals surface area contributed by atoms with Crippen molar-refractivity contribution in [3.63, 3.8) is 0 Å². The van der Waals surface area contributed by atoms with E-state index in [-0.39, 0.29) is 5.82 Å². The first kappa shape index (κ1) is 16.9. The number of hydrogen-bond donors (Lipinski definition) is 0. The van der Waals surface area contributed by atoms with Gasteiger partial charge in [-0.05, 0) is 62.0 Å². The molecule has 1 aliphatic rings. The van der Waals surface area contributed by atoms with Crippen LogP contribution in [0, 0.1) is 11.7 Å². The molecular weight excluding hydrogens is 329 g/mol. The van der Waals surface area contributed by atoms with E-state index in [0.29, 0.717) is 23.8 Å². The predicted molar refractivity (Wildman–Crippen MR) is 97.8 cm³/mol. The molecule has 0 atom stereocenters. The topological polar surface area (TPSA) is 42.2 Å². The first-order chi connectivity index (χ1) is 12.8. The van der Waals surface area contributed by atoms with Crippen molar-refractivity contribution in [3.05, 3.63) is 71.8 Å². The Morgan fingerprint density at radius 3 is 2.62 bits per heavy atom. The van der Waals surface area contributed by atoms with Crippen LogP contribution in [-0.2, 0) is 13.0 Å². The number of benzene rings is 2. The molecule has 2 aromatic carbocycles. The maximum Gasteiger partial charge on any atom is 0.258 e. The first-order valence-electron chi connectivity index (χ1n) is 9.11. The van der Waals surface area contributed by atoms with Gasteiger partial charge in [0.15, 0.2) is 5.82 Å². The van der Waals surface area contributed by atoms with E-state index in [0.717, 1.165) is 25.4 Å². The van der Waals surface area contributed by atoms with Crippen molar-refractivity contribution in [3.8, 4) is 11.5 Å². The Bertz CT molecular complexity index is 841. The highest BCUT2D eigenvalue weighted by molar-refractivity contribution is 5.52. The van der Waals surface area contributed by atoms with Crippen LogP contribution in [0.4, 0.5) is 4.39 Å². The summed E-state index contributed by atoms with van der Waals surface area (Å²) >= 11 is 0. The molecule has 2 heterocycles. The maximum atomic E-state index is 13.3. The molecule has 134 valence electrons. The summed E-state index contributed by atoms with van der Waals surface area (Å²) in [7, 11) is 0. The van der Waals surface area contributed by atoms with Crippen LogP contribution in [0.1, 0.15) is 24.2 Å². The van der Waals surface area contributed by atoms with Gasteiger partial charge in [-0.3, -0.25) is 4.90 Å². The molecule has 4 nitrogen and oxygen atoms in total. The van der Waals surface area contributed by atoms with E-state index in [1.807, 2.05) is 0 Å². The van der Waals surface area contributed by atoms with Crippen molar-refractivity contribution in [2.45, 2.75) is 25.8 Å². The lowest BCUT2D eigenvalue weighted by molar-refractivity contribution is 0.172. The normalized spacial score (nSPS) is 16.0. The number of likely N-dealkylation sites (tertiary alicyclic amines) is 1. The number of rotatable bonds is 5. The van der Waals surface area contributed by atoms with Crippen molar-refractivity contribution < 1.29 is 8.91 Å². The molecule has 3 aromatic rings. The summed E-state index contributed by atoms with van der Waals surface area (Å²) in [4.78, 5) is 6.78. The second kappa shape index (κ2) is 7.79. The second-order valence-corrected chi connectivity index (χ2v) is 6.94. The third-order valence-electron chi connectivity index (χ3n) is 4.98. The van der Waals surface area contributed by atoms with Crippen LogP contribution >= 0.6 is 0 Å². The Kier molecular flexibility index (Phi) is 5.07. The average Bonchev–Trinajstić information content (AvgIpc) is 3.13.